The van der Waals surface area contributed by atoms with Crippen LogP contribution in [0.25, 0.3) is 0 Å². The largest absolute Gasteiger partial charge is 0.494 e. The van der Waals surface area contributed by atoms with E-state index in [1.54, 1.807) is 13.0 Å². The Hall–Kier alpha value is -2.21. The zero-order chi connectivity index (χ0) is 15.6. The lowest BCUT2D eigenvalue weighted by Gasteiger charge is -2.03. The molecule has 0 aliphatic rings. The van der Waals surface area contributed by atoms with Gasteiger partial charge in [0.15, 0.2) is 5.69 Å². The number of pyridine rings is 1. The number of nitrogens with zero attached hydrogens (tertiary/aromatic N) is 3. The number of hydrogen-bond acceptors (Lipinski definition) is 5. The number of aryl methyl sites for hydroxylation is 1. The number of H-pyrrole nitrogens is 1. The molecule has 0 amide bonds. The molecular weight excluding hydrogens is 383 g/mol. The summed E-state index contributed by atoms with van der Waals surface area (Å²) >= 11 is 2.19. The van der Waals surface area contributed by atoms with Crippen LogP contribution in [0.3, 0.4) is 0 Å². The normalized spacial score (nSPS) is 10.8. The number of nitriles is 1. The van der Waals surface area contributed by atoms with Crippen LogP contribution in [0, 0.1) is 28.7 Å². The molecule has 1 aromatic carbocycles. The van der Waals surface area contributed by atoms with E-state index in [1.807, 2.05) is 25.1 Å². The van der Waals surface area contributed by atoms with Crippen molar-refractivity contribution >= 4 is 34.0 Å². The summed E-state index contributed by atoms with van der Waals surface area (Å²) in [6.07, 6.45) is 0. The van der Waals surface area contributed by atoms with E-state index in [-0.39, 0.29) is 11.3 Å². The molecule has 21 heavy (non-hydrogen) atoms. The first-order valence-electron chi connectivity index (χ1n) is 5.98. The number of aromatic nitrogens is 1. The molecule has 7 heteroatoms. The van der Waals surface area contributed by atoms with Crippen molar-refractivity contribution in [3.8, 4) is 11.9 Å². The van der Waals surface area contributed by atoms with E-state index in [2.05, 4.69) is 37.8 Å². The predicted molar refractivity (Wildman–Crippen MR) is 86.3 cm³/mol. The summed E-state index contributed by atoms with van der Waals surface area (Å²) in [7, 11) is 0. The molecule has 0 unspecified atom stereocenters. The number of benzene rings is 1. The van der Waals surface area contributed by atoms with Crippen LogP contribution in [0.1, 0.15) is 16.7 Å². The van der Waals surface area contributed by atoms with Gasteiger partial charge in [0.1, 0.15) is 11.6 Å². The summed E-state index contributed by atoms with van der Waals surface area (Å²) < 4.78 is 1.08. The molecule has 0 saturated heterocycles. The molecule has 2 rings (SSSR count). The van der Waals surface area contributed by atoms with Crippen molar-refractivity contribution in [1.82, 2.24) is 4.98 Å². The van der Waals surface area contributed by atoms with Crippen LogP contribution in [-0.4, -0.2) is 10.1 Å². The number of halogens is 1. The number of aromatic amines is 1. The third-order valence-corrected chi connectivity index (χ3v) is 3.61. The third-order valence-electron chi connectivity index (χ3n) is 2.94. The van der Waals surface area contributed by atoms with E-state index < -0.39 is 11.4 Å². The predicted octanol–water partition coefficient (Wildman–Crippen LogP) is 3.59. The average molecular weight is 394 g/mol. The van der Waals surface area contributed by atoms with E-state index in [0.29, 0.717) is 11.3 Å². The Morgan fingerprint density at radius 1 is 1.33 bits per heavy atom. The van der Waals surface area contributed by atoms with Gasteiger partial charge < -0.3 is 5.11 Å². The van der Waals surface area contributed by atoms with Crippen LogP contribution < -0.4 is 5.56 Å². The Morgan fingerprint density at radius 2 is 2.05 bits per heavy atom. The summed E-state index contributed by atoms with van der Waals surface area (Å²) in [4.78, 5) is 14.0. The molecule has 2 aromatic rings. The Morgan fingerprint density at radius 3 is 2.67 bits per heavy atom. The number of azo groups is 1. The molecule has 0 fully saturated rings. The third kappa shape index (κ3) is 3.11. The van der Waals surface area contributed by atoms with Crippen molar-refractivity contribution in [2.75, 3.05) is 0 Å². The SMILES string of the molecule is Cc1cc(I)ccc1N=Nc1c(C)c(C#N)c(O)[nH]c1=O. The smallest absolute Gasteiger partial charge is 0.278 e. The second-order valence-corrected chi connectivity index (χ2v) is 5.64. The summed E-state index contributed by atoms with van der Waals surface area (Å²) in [6.45, 7) is 3.44. The second kappa shape index (κ2) is 6.05. The first-order valence-corrected chi connectivity index (χ1v) is 7.05. The molecule has 0 radical (unpaired) electrons. The van der Waals surface area contributed by atoms with Crippen molar-refractivity contribution in [2.24, 2.45) is 10.2 Å². The van der Waals surface area contributed by atoms with Gasteiger partial charge in [-0.2, -0.15) is 10.4 Å². The fraction of sp³-hybridized carbons (Fsp3) is 0.143. The van der Waals surface area contributed by atoms with Crippen molar-refractivity contribution in [3.63, 3.8) is 0 Å². The number of nitrogens with one attached hydrogen (secondary N) is 1. The van der Waals surface area contributed by atoms with Crippen LogP contribution in [0.2, 0.25) is 0 Å². The molecule has 0 atom stereocenters. The minimum Gasteiger partial charge on any atom is -0.494 e. The van der Waals surface area contributed by atoms with E-state index in [4.69, 9.17) is 5.26 Å². The van der Waals surface area contributed by atoms with Gasteiger partial charge in [0, 0.05) is 9.13 Å². The quantitative estimate of drug-likeness (QED) is 0.601. The standard InChI is InChI=1S/C14H11IN4O2/c1-7-5-9(15)3-4-11(7)18-19-12-8(2)10(6-16)13(20)17-14(12)21/h3-5H,1-2H3,(H2,17,20,21). The van der Waals surface area contributed by atoms with Gasteiger partial charge in [-0.3, -0.25) is 9.78 Å². The Balaban J connectivity index is 2.52. The lowest BCUT2D eigenvalue weighted by atomic mass is 10.1. The average Bonchev–Trinajstić information content (AvgIpc) is 2.40. The van der Waals surface area contributed by atoms with Crippen LogP contribution >= 0.6 is 22.6 Å². The zero-order valence-electron chi connectivity index (χ0n) is 11.3. The zero-order valence-corrected chi connectivity index (χ0v) is 13.5. The fourth-order valence-electron chi connectivity index (χ4n) is 1.79. The molecule has 1 aromatic heterocycles. The van der Waals surface area contributed by atoms with Gasteiger partial charge in [-0.05, 0) is 60.2 Å². The van der Waals surface area contributed by atoms with Gasteiger partial charge in [0.05, 0.1) is 5.69 Å². The summed E-state index contributed by atoms with van der Waals surface area (Å²) in [5.41, 5.74) is 1.28. The van der Waals surface area contributed by atoms with E-state index in [9.17, 15) is 9.90 Å². The maximum atomic E-state index is 11.8. The van der Waals surface area contributed by atoms with E-state index in [1.165, 1.54) is 0 Å². The minimum atomic E-state index is -0.587. The van der Waals surface area contributed by atoms with Crippen LogP contribution in [0.15, 0.2) is 33.2 Å². The first-order chi connectivity index (χ1) is 9.93. The highest BCUT2D eigenvalue weighted by atomic mass is 127. The van der Waals surface area contributed by atoms with Gasteiger partial charge in [0.25, 0.3) is 5.56 Å². The minimum absolute atomic E-state index is 0.0112. The van der Waals surface area contributed by atoms with Crippen molar-refractivity contribution in [1.29, 1.82) is 5.26 Å². The molecule has 0 saturated carbocycles. The first kappa shape index (κ1) is 15.2. The summed E-state index contributed by atoms with van der Waals surface area (Å²) in [5.74, 6) is -0.454. The van der Waals surface area contributed by atoms with Gasteiger partial charge in [0.2, 0.25) is 5.88 Å². The van der Waals surface area contributed by atoms with Crippen LogP contribution in [-0.2, 0) is 0 Å². The van der Waals surface area contributed by atoms with Gasteiger partial charge >= 0.3 is 0 Å². The monoisotopic (exact) mass is 394 g/mol. The number of aromatic hydroxyl groups is 1. The lowest BCUT2D eigenvalue weighted by Crippen LogP contribution is -2.08. The topological polar surface area (TPSA) is 102 Å². The Kier molecular flexibility index (Phi) is 4.37. The van der Waals surface area contributed by atoms with Crippen molar-refractivity contribution < 1.29 is 5.11 Å². The molecule has 106 valence electrons. The second-order valence-electron chi connectivity index (χ2n) is 4.39. The summed E-state index contributed by atoms with van der Waals surface area (Å²) in [5, 5.41) is 26.5. The van der Waals surface area contributed by atoms with Gasteiger partial charge in [-0.25, -0.2) is 0 Å². The molecular formula is C14H11IN4O2. The Bertz CT molecular complexity index is 834. The summed E-state index contributed by atoms with van der Waals surface area (Å²) in [6, 6.07) is 7.46. The number of rotatable bonds is 2. The molecule has 0 aliphatic carbocycles. The lowest BCUT2D eigenvalue weighted by molar-refractivity contribution is 0.449. The van der Waals surface area contributed by atoms with E-state index >= 15 is 0 Å². The maximum Gasteiger partial charge on any atom is 0.278 e. The van der Waals surface area contributed by atoms with Gasteiger partial charge in [-0.1, -0.05) is 0 Å². The molecule has 2 N–H and O–H groups in total. The van der Waals surface area contributed by atoms with Crippen molar-refractivity contribution in [2.45, 2.75) is 13.8 Å². The molecule has 0 aliphatic heterocycles. The molecule has 0 bridgehead atoms. The van der Waals surface area contributed by atoms with Crippen LogP contribution in [0.4, 0.5) is 11.4 Å². The van der Waals surface area contributed by atoms with E-state index in [0.717, 1.165) is 9.13 Å². The molecule has 1 heterocycles. The van der Waals surface area contributed by atoms with Crippen LogP contribution in [0.5, 0.6) is 5.88 Å². The Labute approximate surface area is 134 Å². The van der Waals surface area contributed by atoms with Crippen molar-refractivity contribution in [3.05, 3.63) is 48.8 Å². The highest BCUT2D eigenvalue weighted by molar-refractivity contribution is 14.1. The highest BCUT2D eigenvalue weighted by Gasteiger charge is 2.13. The molecule has 6 nitrogen and oxygen atoms in total. The fourth-order valence-corrected chi connectivity index (χ4v) is 2.43. The number of hydrogen-bond donors (Lipinski definition) is 2. The maximum absolute atomic E-state index is 11.8. The molecule has 0 spiro atoms. The van der Waals surface area contributed by atoms with Gasteiger partial charge in [-0.15, -0.1) is 5.11 Å². The highest BCUT2D eigenvalue weighted by Crippen LogP contribution is 2.26.